The van der Waals surface area contributed by atoms with Crippen molar-refractivity contribution in [3.05, 3.63) is 118 Å². The lowest BCUT2D eigenvalue weighted by molar-refractivity contribution is -0.142. The minimum absolute atomic E-state index is 0.0609. The number of hydrogen-bond donors (Lipinski definition) is 0. The molecule has 0 spiro atoms. The molecular weight excluding hydrogens is 474 g/mol. The maximum absolute atomic E-state index is 15.0. The Labute approximate surface area is 204 Å². The molecule has 0 nitrogen and oxygen atoms in total. The van der Waals surface area contributed by atoms with Gasteiger partial charge in [-0.25, -0.2) is 13.2 Å². The van der Waals surface area contributed by atoms with Crippen LogP contribution in [0.2, 0.25) is 0 Å². The molecule has 0 unspecified atom stereocenters. The van der Waals surface area contributed by atoms with Crippen LogP contribution in [0.1, 0.15) is 46.7 Å². The van der Waals surface area contributed by atoms with Crippen molar-refractivity contribution in [3.63, 3.8) is 0 Å². The number of hydrogen-bond acceptors (Lipinski definition) is 0. The number of alkyl halides is 3. The fourth-order valence-corrected chi connectivity index (χ4v) is 3.71. The van der Waals surface area contributed by atoms with Crippen LogP contribution in [0.5, 0.6) is 0 Å². The third-order valence-electron chi connectivity index (χ3n) is 5.46. The van der Waals surface area contributed by atoms with Crippen LogP contribution in [-0.4, -0.2) is 0 Å². The highest BCUT2D eigenvalue weighted by Crippen LogP contribution is 2.34. The monoisotopic (exact) mass is 492 g/mol. The van der Waals surface area contributed by atoms with Gasteiger partial charge in [0.05, 0.1) is 5.56 Å². The molecule has 0 atom stereocenters. The van der Waals surface area contributed by atoms with Gasteiger partial charge in [-0.2, -0.15) is 13.2 Å². The van der Waals surface area contributed by atoms with Crippen LogP contribution in [0.15, 0.2) is 66.7 Å². The first-order valence-corrected chi connectivity index (χ1v) is 11.1. The van der Waals surface area contributed by atoms with Crippen LogP contribution in [0.25, 0.3) is 10.8 Å². The first kappa shape index (κ1) is 24.9. The van der Waals surface area contributed by atoms with E-state index in [0.717, 1.165) is 18.4 Å². The molecule has 180 valence electrons. The van der Waals surface area contributed by atoms with E-state index in [1.54, 1.807) is 24.3 Å². The zero-order valence-electron chi connectivity index (χ0n) is 19.0. The average Bonchev–Trinajstić information content (AvgIpc) is 2.82. The van der Waals surface area contributed by atoms with Crippen LogP contribution >= 0.6 is 0 Å². The number of halogens is 6. The van der Waals surface area contributed by atoms with Gasteiger partial charge in [-0.1, -0.05) is 61.3 Å². The van der Waals surface area contributed by atoms with E-state index in [4.69, 9.17) is 0 Å². The Morgan fingerprint density at radius 3 is 1.92 bits per heavy atom. The molecule has 0 saturated carbocycles. The van der Waals surface area contributed by atoms with Crippen molar-refractivity contribution in [1.82, 2.24) is 0 Å². The third kappa shape index (κ3) is 5.56. The molecule has 0 aliphatic rings. The molecule has 6 heteroatoms. The number of aryl methyl sites for hydroxylation is 1. The van der Waals surface area contributed by atoms with Crippen LogP contribution < -0.4 is 0 Å². The standard InChI is InChI=1S/C30H18F6/c1-2-3-19-4-6-20(7-5-19)8-9-21-11-15-25-24(16-21)14-13-23(29(25)33)12-10-22-17-26(31)28(27(32)18-22)30(34,35)36/h4-7,11,13-18H,2-3H2,1H3. The van der Waals surface area contributed by atoms with Crippen LogP contribution in [0, 0.1) is 41.1 Å². The first-order valence-electron chi connectivity index (χ1n) is 11.1. The molecule has 0 fully saturated rings. The van der Waals surface area contributed by atoms with Crippen LogP contribution in [0.3, 0.4) is 0 Å². The molecule has 4 aromatic rings. The predicted octanol–water partition coefficient (Wildman–Crippen LogP) is 8.03. The van der Waals surface area contributed by atoms with Crippen molar-refractivity contribution in [2.24, 2.45) is 0 Å². The summed E-state index contributed by atoms with van der Waals surface area (Å²) < 4.78 is 80.7. The summed E-state index contributed by atoms with van der Waals surface area (Å²) >= 11 is 0. The van der Waals surface area contributed by atoms with Crippen molar-refractivity contribution in [2.45, 2.75) is 25.9 Å². The predicted molar refractivity (Wildman–Crippen MR) is 128 cm³/mol. The summed E-state index contributed by atoms with van der Waals surface area (Å²) in [4.78, 5) is 0. The van der Waals surface area contributed by atoms with Gasteiger partial charge in [0.1, 0.15) is 23.0 Å². The molecule has 0 amide bonds. The van der Waals surface area contributed by atoms with Crippen molar-refractivity contribution < 1.29 is 26.3 Å². The highest BCUT2D eigenvalue weighted by molar-refractivity contribution is 5.86. The summed E-state index contributed by atoms with van der Waals surface area (Å²) in [7, 11) is 0. The maximum atomic E-state index is 15.0. The van der Waals surface area contributed by atoms with E-state index in [1.165, 1.54) is 11.6 Å². The second-order valence-electron chi connectivity index (χ2n) is 8.12. The molecule has 0 saturated heterocycles. The lowest BCUT2D eigenvalue weighted by Crippen LogP contribution is -2.11. The Kier molecular flexibility index (Phi) is 7.08. The van der Waals surface area contributed by atoms with Gasteiger partial charge in [-0.15, -0.1) is 0 Å². The molecule has 4 aromatic carbocycles. The van der Waals surface area contributed by atoms with Gasteiger partial charge in [-0.05, 0) is 59.8 Å². The van der Waals surface area contributed by atoms with E-state index in [0.29, 0.717) is 23.1 Å². The van der Waals surface area contributed by atoms with Crippen LogP contribution in [0.4, 0.5) is 26.3 Å². The highest BCUT2D eigenvalue weighted by Gasteiger charge is 2.37. The van der Waals surface area contributed by atoms with Gasteiger partial charge in [0, 0.05) is 22.1 Å². The second-order valence-corrected chi connectivity index (χ2v) is 8.12. The minimum Gasteiger partial charge on any atom is -0.206 e. The summed E-state index contributed by atoms with van der Waals surface area (Å²) in [6.07, 6.45) is -3.10. The summed E-state index contributed by atoms with van der Waals surface area (Å²) in [5.74, 6) is 6.70. The summed E-state index contributed by atoms with van der Waals surface area (Å²) in [6.45, 7) is 2.12. The van der Waals surface area contributed by atoms with Gasteiger partial charge in [0.2, 0.25) is 0 Å². The number of fused-ring (bicyclic) bond motifs is 1. The Morgan fingerprint density at radius 1 is 0.667 bits per heavy atom. The van der Waals surface area contributed by atoms with Crippen molar-refractivity contribution in [3.8, 4) is 23.7 Å². The smallest absolute Gasteiger partial charge is 0.206 e. The molecular formula is C30H18F6. The third-order valence-corrected chi connectivity index (χ3v) is 5.46. The van der Waals surface area contributed by atoms with Crippen molar-refractivity contribution in [2.75, 3.05) is 0 Å². The SMILES string of the molecule is CCCc1ccc(C#Cc2ccc3c(F)c(C#Cc4cc(F)c(C(F)(F)F)c(F)c4)ccc3c2)cc1. The molecule has 4 rings (SSSR count). The van der Waals surface area contributed by atoms with Gasteiger partial charge >= 0.3 is 6.18 Å². The Hall–Kier alpha value is -4.16. The fourth-order valence-electron chi connectivity index (χ4n) is 3.71. The van der Waals surface area contributed by atoms with E-state index < -0.39 is 29.2 Å². The van der Waals surface area contributed by atoms with E-state index in [9.17, 15) is 26.3 Å². The molecule has 36 heavy (non-hydrogen) atoms. The Morgan fingerprint density at radius 2 is 1.28 bits per heavy atom. The second kappa shape index (κ2) is 10.2. The summed E-state index contributed by atoms with van der Waals surface area (Å²) in [5.41, 5.74) is 0.408. The number of benzene rings is 4. The van der Waals surface area contributed by atoms with Crippen molar-refractivity contribution >= 4 is 10.8 Å². The summed E-state index contributed by atoms with van der Waals surface area (Å²) in [5, 5.41) is 0.843. The minimum atomic E-state index is -5.17. The van der Waals surface area contributed by atoms with Gasteiger partial charge < -0.3 is 0 Å². The fraction of sp³-hybridized carbons (Fsp3) is 0.133. The molecule has 0 aliphatic carbocycles. The highest BCUT2D eigenvalue weighted by atomic mass is 19.4. The number of rotatable bonds is 2. The topological polar surface area (TPSA) is 0 Å². The van der Waals surface area contributed by atoms with Crippen molar-refractivity contribution in [1.29, 1.82) is 0 Å². The maximum Gasteiger partial charge on any atom is 0.422 e. The molecule has 0 radical (unpaired) electrons. The van der Waals surface area contributed by atoms with E-state index in [-0.39, 0.29) is 16.5 Å². The van der Waals surface area contributed by atoms with Gasteiger partial charge in [0.15, 0.2) is 0 Å². The molecule has 0 aliphatic heterocycles. The molecule has 0 N–H and O–H groups in total. The Balaban J connectivity index is 1.60. The normalized spacial score (nSPS) is 11.0. The Bertz CT molecular complexity index is 1530. The molecule has 0 bridgehead atoms. The lowest BCUT2D eigenvalue weighted by atomic mass is 10.0. The average molecular weight is 492 g/mol. The van der Waals surface area contributed by atoms with Gasteiger partial charge in [0.25, 0.3) is 0 Å². The molecule has 0 aromatic heterocycles. The van der Waals surface area contributed by atoms with Crippen LogP contribution in [-0.2, 0) is 12.6 Å². The summed E-state index contributed by atoms with van der Waals surface area (Å²) in [6, 6.07) is 16.9. The van der Waals surface area contributed by atoms with E-state index in [1.807, 2.05) is 24.3 Å². The molecule has 0 heterocycles. The lowest BCUT2D eigenvalue weighted by Gasteiger charge is -2.09. The quantitative estimate of drug-likeness (QED) is 0.196. The van der Waals surface area contributed by atoms with E-state index >= 15 is 0 Å². The zero-order chi connectivity index (χ0) is 25.9. The van der Waals surface area contributed by atoms with Gasteiger partial charge in [-0.3, -0.25) is 0 Å². The largest absolute Gasteiger partial charge is 0.422 e. The van der Waals surface area contributed by atoms with E-state index in [2.05, 4.69) is 30.6 Å². The first-order chi connectivity index (χ1) is 17.2. The zero-order valence-corrected chi connectivity index (χ0v) is 19.0.